The Morgan fingerprint density at radius 1 is 1.19 bits per heavy atom. The van der Waals surface area contributed by atoms with Crippen LogP contribution in [-0.2, 0) is 12.8 Å². The first-order valence-corrected chi connectivity index (χ1v) is 8.80. The van der Waals surface area contributed by atoms with Crippen LogP contribution in [0.15, 0.2) is 45.6 Å². The summed E-state index contributed by atoms with van der Waals surface area (Å²) in [5.41, 5.74) is 0.943. The molecule has 26 heavy (non-hydrogen) atoms. The molecule has 0 radical (unpaired) electrons. The lowest BCUT2D eigenvalue weighted by molar-refractivity contribution is 0.0296. The Hall–Kier alpha value is -2.44. The van der Waals surface area contributed by atoms with Crippen LogP contribution in [0.2, 0.25) is 0 Å². The molecule has 6 heteroatoms. The number of aliphatic hydroxyl groups excluding tert-OH is 2. The van der Waals surface area contributed by atoms with Gasteiger partial charge in [-0.1, -0.05) is 30.3 Å². The van der Waals surface area contributed by atoms with Gasteiger partial charge in [-0.2, -0.15) is 0 Å². The van der Waals surface area contributed by atoms with E-state index in [0.717, 1.165) is 12.0 Å². The predicted octanol–water partition coefficient (Wildman–Crippen LogP) is 1.35. The van der Waals surface area contributed by atoms with Gasteiger partial charge in [0.1, 0.15) is 17.4 Å². The minimum atomic E-state index is -1.02. The van der Waals surface area contributed by atoms with Gasteiger partial charge in [0, 0.05) is 6.42 Å². The zero-order valence-corrected chi connectivity index (χ0v) is 14.6. The monoisotopic (exact) mass is 357 g/mol. The summed E-state index contributed by atoms with van der Waals surface area (Å²) in [6, 6.07) is 11.0. The van der Waals surface area contributed by atoms with Crippen LogP contribution in [0.3, 0.4) is 0 Å². The van der Waals surface area contributed by atoms with Crippen molar-refractivity contribution in [3.8, 4) is 0 Å². The Morgan fingerprint density at radius 2 is 1.92 bits per heavy atom. The van der Waals surface area contributed by atoms with Crippen LogP contribution in [0.5, 0.6) is 0 Å². The van der Waals surface area contributed by atoms with Crippen LogP contribution in [0, 0.1) is 6.92 Å². The molecule has 1 aromatic carbocycles. The summed E-state index contributed by atoms with van der Waals surface area (Å²) in [4.78, 5) is 24.7. The molecule has 1 saturated carbocycles. The first-order chi connectivity index (χ1) is 12.5. The lowest BCUT2D eigenvalue weighted by Gasteiger charge is -2.18. The maximum atomic E-state index is 12.4. The van der Waals surface area contributed by atoms with Crippen LogP contribution < -0.4 is 10.9 Å². The zero-order chi connectivity index (χ0) is 18.7. The molecule has 1 aliphatic rings. The molecule has 1 heterocycles. The highest BCUT2D eigenvalue weighted by Gasteiger charge is 2.35. The average Bonchev–Trinajstić information content (AvgIpc) is 2.92. The number of rotatable bonds is 5. The van der Waals surface area contributed by atoms with Crippen molar-refractivity contribution < 1.29 is 19.4 Å². The second-order valence-electron chi connectivity index (χ2n) is 6.76. The van der Waals surface area contributed by atoms with Crippen molar-refractivity contribution in [2.24, 2.45) is 0 Å². The highest BCUT2D eigenvalue weighted by Crippen LogP contribution is 2.20. The summed E-state index contributed by atoms with van der Waals surface area (Å²) in [5.74, 6) is -0.0479. The third-order valence-corrected chi connectivity index (χ3v) is 4.83. The van der Waals surface area contributed by atoms with Crippen LogP contribution >= 0.6 is 0 Å². The molecule has 138 valence electrons. The van der Waals surface area contributed by atoms with Crippen LogP contribution in [-0.4, -0.2) is 34.4 Å². The maximum Gasteiger partial charge on any atom is 0.349 e. The smallest absolute Gasteiger partial charge is 0.349 e. The van der Waals surface area contributed by atoms with Gasteiger partial charge in [0.05, 0.1) is 12.1 Å². The molecule has 1 aliphatic carbocycles. The van der Waals surface area contributed by atoms with E-state index >= 15 is 0 Å². The van der Waals surface area contributed by atoms with Crippen molar-refractivity contribution in [2.75, 3.05) is 0 Å². The number of amides is 1. The number of aliphatic hydroxyl groups is 2. The van der Waals surface area contributed by atoms with E-state index in [4.69, 9.17) is 4.42 Å². The highest BCUT2D eigenvalue weighted by atomic mass is 16.4. The molecule has 0 unspecified atom stereocenters. The fourth-order valence-electron chi connectivity index (χ4n) is 3.34. The van der Waals surface area contributed by atoms with Crippen LogP contribution in [0.1, 0.15) is 40.1 Å². The van der Waals surface area contributed by atoms with Crippen molar-refractivity contribution in [2.45, 2.75) is 50.9 Å². The third kappa shape index (κ3) is 4.03. The summed E-state index contributed by atoms with van der Waals surface area (Å²) in [7, 11) is 0. The minimum Gasteiger partial charge on any atom is -0.427 e. The summed E-state index contributed by atoms with van der Waals surface area (Å²) in [6.07, 6.45) is 0.317. The second-order valence-corrected chi connectivity index (χ2v) is 6.76. The van der Waals surface area contributed by atoms with Gasteiger partial charge in [0.2, 0.25) is 0 Å². The van der Waals surface area contributed by atoms with Crippen molar-refractivity contribution in [3.63, 3.8) is 0 Å². The standard InChI is InChI=1S/C20H23NO5/c1-12-11-14(8-7-13-5-3-2-4-6-13)26-20(25)17(12)19(24)21-15-9-10-16(22)18(15)23/h2-6,11,15-16,18,22-23H,7-10H2,1H3,(H,21,24)/t15-,16-,18-/m1/s1. The maximum absolute atomic E-state index is 12.4. The number of hydrogen-bond donors (Lipinski definition) is 3. The van der Waals surface area contributed by atoms with Gasteiger partial charge >= 0.3 is 5.63 Å². The minimum absolute atomic E-state index is 0.0537. The van der Waals surface area contributed by atoms with E-state index in [-0.39, 0.29) is 5.56 Å². The number of carbonyl (C=O) groups excluding carboxylic acids is 1. The number of carbonyl (C=O) groups is 1. The van der Waals surface area contributed by atoms with Gasteiger partial charge in [0.25, 0.3) is 5.91 Å². The quantitative estimate of drug-likeness (QED) is 0.750. The molecule has 2 aromatic rings. The third-order valence-electron chi connectivity index (χ3n) is 4.83. The Morgan fingerprint density at radius 3 is 2.54 bits per heavy atom. The lowest BCUT2D eigenvalue weighted by atomic mass is 10.1. The predicted molar refractivity (Wildman–Crippen MR) is 96.1 cm³/mol. The fourth-order valence-corrected chi connectivity index (χ4v) is 3.34. The van der Waals surface area contributed by atoms with E-state index < -0.39 is 29.8 Å². The molecule has 0 bridgehead atoms. The summed E-state index contributed by atoms with van der Waals surface area (Å²) in [6.45, 7) is 1.69. The Kier molecular flexibility index (Phi) is 5.54. The first kappa shape index (κ1) is 18.4. The van der Waals surface area contributed by atoms with Gasteiger partial charge in [-0.05, 0) is 43.4 Å². The zero-order valence-electron chi connectivity index (χ0n) is 14.6. The van der Waals surface area contributed by atoms with E-state index in [2.05, 4.69) is 5.32 Å². The van der Waals surface area contributed by atoms with Crippen molar-refractivity contribution in [1.29, 1.82) is 0 Å². The Balaban J connectivity index is 1.71. The van der Waals surface area contributed by atoms with E-state index in [0.29, 0.717) is 30.6 Å². The molecule has 1 aromatic heterocycles. The van der Waals surface area contributed by atoms with Crippen LogP contribution in [0.4, 0.5) is 0 Å². The molecule has 3 N–H and O–H groups in total. The number of benzene rings is 1. The second kappa shape index (κ2) is 7.85. The normalized spacial score (nSPS) is 22.3. The number of hydrogen-bond acceptors (Lipinski definition) is 5. The van der Waals surface area contributed by atoms with Gasteiger partial charge < -0.3 is 19.9 Å². The van der Waals surface area contributed by atoms with Gasteiger partial charge in [-0.15, -0.1) is 0 Å². The molecular weight excluding hydrogens is 334 g/mol. The molecule has 3 atom stereocenters. The average molecular weight is 357 g/mol. The number of nitrogens with one attached hydrogen (secondary N) is 1. The van der Waals surface area contributed by atoms with Crippen molar-refractivity contribution in [1.82, 2.24) is 5.32 Å². The van der Waals surface area contributed by atoms with E-state index in [1.165, 1.54) is 0 Å². The Bertz CT molecular complexity index is 830. The topological polar surface area (TPSA) is 99.8 Å². The molecule has 6 nitrogen and oxygen atoms in total. The van der Waals surface area contributed by atoms with E-state index in [1.807, 2.05) is 30.3 Å². The molecule has 0 aliphatic heterocycles. The molecule has 0 spiro atoms. The molecule has 3 rings (SSSR count). The van der Waals surface area contributed by atoms with Gasteiger partial charge in [-0.25, -0.2) is 4.79 Å². The summed E-state index contributed by atoms with van der Waals surface area (Å²) < 4.78 is 5.32. The summed E-state index contributed by atoms with van der Waals surface area (Å²) in [5, 5.41) is 22.0. The molecule has 0 saturated heterocycles. The largest absolute Gasteiger partial charge is 0.427 e. The molecule has 1 amide bonds. The number of aryl methyl sites for hydroxylation is 3. The van der Waals surface area contributed by atoms with Gasteiger partial charge in [0.15, 0.2) is 0 Å². The Labute approximate surface area is 151 Å². The van der Waals surface area contributed by atoms with E-state index in [9.17, 15) is 19.8 Å². The SMILES string of the molecule is Cc1cc(CCc2ccccc2)oc(=O)c1C(=O)N[C@@H]1CC[C@@H](O)[C@@H]1O. The van der Waals surface area contributed by atoms with Gasteiger partial charge in [-0.3, -0.25) is 4.79 Å². The van der Waals surface area contributed by atoms with Crippen molar-refractivity contribution in [3.05, 3.63) is 69.3 Å². The van der Waals surface area contributed by atoms with Crippen molar-refractivity contribution >= 4 is 5.91 Å². The fraction of sp³-hybridized carbons (Fsp3) is 0.400. The lowest BCUT2D eigenvalue weighted by Crippen LogP contribution is -2.44. The molecule has 1 fully saturated rings. The summed E-state index contributed by atoms with van der Waals surface area (Å²) >= 11 is 0. The first-order valence-electron chi connectivity index (χ1n) is 8.80. The highest BCUT2D eigenvalue weighted by molar-refractivity contribution is 5.95. The van der Waals surface area contributed by atoms with Crippen LogP contribution in [0.25, 0.3) is 0 Å². The van der Waals surface area contributed by atoms with E-state index in [1.54, 1.807) is 13.0 Å². The molecular formula is C20H23NO5.